The number of pyridine rings is 1. The first-order valence-electron chi connectivity index (χ1n) is 8.27. The maximum Gasteiger partial charge on any atom is 0.126 e. The summed E-state index contributed by atoms with van der Waals surface area (Å²) in [6.45, 7) is 3.49. The van der Waals surface area contributed by atoms with Gasteiger partial charge in [0.1, 0.15) is 11.6 Å². The number of hydrogen-bond acceptors (Lipinski definition) is 5. The van der Waals surface area contributed by atoms with Crippen molar-refractivity contribution in [2.75, 3.05) is 11.9 Å². The van der Waals surface area contributed by atoms with E-state index in [0.717, 1.165) is 41.3 Å². The van der Waals surface area contributed by atoms with Crippen LogP contribution in [0.4, 0.5) is 10.2 Å². The normalized spacial score (nSPS) is 11.8. The van der Waals surface area contributed by atoms with Gasteiger partial charge in [-0.25, -0.2) is 14.4 Å². The fraction of sp³-hybridized carbons (Fsp3) is 0.158. The molecule has 0 saturated carbocycles. The molecule has 0 aliphatic rings. The lowest BCUT2D eigenvalue weighted by Gasteiger charge is -2.14. The fourth-order valence-corrected chi connectivity index (χ4v) is 2.66. The summed E-state index contributed by atoms with van der Waals surface area (Å²) >= 11 is 0. The third kappa shape index (κ3) is 4.25. The minimum absolute atomic E-state index is 0.281. The molecule has 0 unspecified atom stereocenters. The van der Waals surface area contributed by atoms with Crippen molar-refractivity contribution in [2.24, 2.45) is 5.84 Å². The van der Waals surface area contributed by atoms with Crippen LogP contribution in [0, 0.1) is 5.82 Å². The smallest absolute Gasteiger partial charge is 0.126 e. The summed E-state index contributed by atoms with van der Waals surface area (Å²) in [5, 5.41) is 3.30. The minimum atomic E-state index is -0.281. The lowest BCUT2D eigenvalue weighted by Crippen LogP contribution is -2.21. The Kier molecular flexibility index (Phi) is 5.60. The molecule has 0 fully saturated rings. The molecule has 1 aromatic carbocycles. The number of nitrogens with zero attached hydrogens (tertiary/aromatic N) is 3. The van der Waals surface area contributed by atoms with Crippen LogP contribution >= 0.6 is 0 Å². The zero-order chi connectivity index (χ0) is 18.4. The number of nitrogens with one attached hydrogen (secondary N) is 2. The summed E-state index contributed by atoms with van der Waals surface area (Å²) < 4.78 is 15.2. The van der Waals surface area contributed by atoms with Gasteiger partial charge in [0.15, 0.2) is 0 Å². The number of rotatable bonds is 7. The zero-order valence-corrected chi connectivity index (χ0v) is 14.5. The van der Waals surface area contributed by atoms with Gasteiger partial charge < -0.3 is 15.3 Å². The van der Waals surface area contributed by atoms with Crippen LogP contribution in [0.1, 0.15) is 18.1 Å². The largest absolute Gasteiger partial charge is 0.368 e. The van der Waals surface area contributed by atoms with E-state index in [2.05, 4.69) is 20.7 Å². The van der Waals surface area contributed by atoms with Crippen LogP contribution in [0.2, 0.25) is 0 Å². The van der Waals surface area contributed by atoms with Crippen LogP contribution in [-0.4, -0.2) is 21.1 Å². The molecule has 0 radical (unpaired) electrons. The summed E-state index contributed by atoms with van der Waals surface area (Å²) in [4.78, 5) is 8.37. The van der Waals surface area contributed by atoms with E-state index in [-0.39, 0.29) is 5.82 Å². The number of halogens is 1. The Balaban J connectivity index is 1.77. The predicted molar refractivity (Wildman–Crippen MR) is 101 cm³/mol. The molecule has 6 nitrogen and oxygen atoms in total. The molecule has 134 valence electrons. The Hall–Kier alpha value is -3.19. The van der Waals surface area contributed by atoms with Crippen molar-refractivity contribution >= 4 is 17.1 Å². The molecular weight excluding hydrogens is 331 g/mol. The van der Waals surface area contributed by atoms with E-state index in [1.165, 1.54) is 12.1 Å². The molecular formula is C19H21FN6. The van der Waals surface area contributed by atoms with Gasteiger partial charge in [-0.3, -0.25) is 5.84 Å². The van der Waals surface area contributed by atoms with E-state index in [4.69, 9.17) is 5.84 Å². The second kappa shape index (κ2) is 8.26. The second-order valence-electron chi connectivity index (χ2n) is 5.81. The lowest BCUT2D eigenvalue weighted by molar-refractivity contribution is 0.627. The highest BCUT2D eigenvalue weighted by molar-refractivity contribution is 5.89. The van der Waals surface area contributed by atoms with Crippen molar-refractivity contribution in [3.05, 3.63) is 78.3 Å². The summed E-state index contributed by atoms with van der Waals surface area (Å²) in [5.74, 6) is 6.21. The molecule has 0 spiro atoms. The highest BCUT2D eigenvalue weighted by Crippen LogP contribution is 2.24. The number of benzene rings is 1. The summed E-state index contributed by atoms with van der Waals surface area (Å²) in [6, 6.07) is 10.1. The van der Waals surface area contributed by atoms with Crippen LogP contribution in [0.25, 0.3) is 11.3 Å². The molecule has 2 aromatic heterocycles. The van der Waals surface area contributed by atoms with E-state index >= 15 is 0 Å². The molecule has 0 bridgehead atoms. The minimum Gasteiger partial charge on any atom is -0.368 e. The van der Waals surface area contributed by atoms with E-state index < -0.39 is 0 Å². The van der Waals surface area contributed by atoms with Crippen LogP contribution in [-0.2, 0) is 6.54 Å². The molecule has 0 saturated heterocycles. The molecule has 0 amide bonds. The molecule has 0 aliphatic heterocycles. The van der Waals surface area contributed by atoms with Gasteiger partial charge in [0.05, 0.1) is 12.0 Å². The molecule has 3 rings (SSSR count). The van der Waals surface area contributed by atoms with E-state index in [9.17, 15) is 4.39 Å². The maximum absolute atomic E-state index is 13.2. The number of anilines is 1. The molecule has 26 heavy (non-hydrogen) atoms. The zero-order valence-electron chi connectivity index (χ0n) is 14.5. The molecule has 0 aliphatic carbocycles. The van der Waals surface area contributed by atoms with Crippen molar-refractivity contribution in [3.63, 3.8) is 0 Å². The Morgan fingerprint density at radius 3 is 2.65 bits per heavy atom. The van der Waals surface area contributed by atoms with Gasteiger partial charge in [0.2, 0.25) is 0 Å². The average Bonchev–Trinajstić information content (AvgIpc) is 3.17. The Morgan fingerprint density at radius 1 is 1.15 bits per heavy atom. The third-order valence-electron chi connectivity index (χ3n) is 4.08. The van der Waals surface area contributed by atoms with Crippen LogP contribution < -0.4 is 16.6 Å². The number of allylic oxidation sites excluding steroid dienone is 1. The fourth-order valence-electron chi connectivity index (χ4n) is 2.66. The second-order valence-corrected chi connectivity index (χ2v) is 5.81. The molecule has 7 heteroatoms. The van der Waals surface area contributed by atoms with Gasteiger partial charge >= 0.3 is 0 Å². The summed E-state index contributed by atoms with van der Waals surface area (Å²) in [7, 11) is 0. The molecule has 2 heterocycles. The standard InChI is InChI=1S/C19H21FN6/c1-14(19(25-21)15-2-4-17(20)5-3-15)16-6-7-23-18(12-16)24-9-11-26-10-8-22-13-26/h2-8,10,12-13,25H,9,11,21H2,1H3,(H,23,24)/b19-14+. The van der Waals surface area contributed by atoms with E-state index in [1.54, 1.807) is 30.9 Å². The topological polar surface area (TPSA) is 80.8 Å². The van der Waals surface area contributed by atoms with Crippen LogP contribution in [0.15, 0.2) is 61.3 Å². The SMILES string of the molecule is C/C(=C(\NN)c1ccc(F)cc1)c1ccnc(NCCn2ccnc2)c1. The van der Waals surface area contributed by atoms with E-state index in [1.807, 2.05) is 29.8 Å². The third-order valence-corrected chi connectivity index (χ3v) is 4.08. The first-order valence-corrected chi connectivity index (χ1v) is 8.27. The van der Waals surface area contributed by atoms with Gasteiger partial charge in [0, 0.05) is 31.7 Å². The quantitative estimate of drug-likeness (QED) is 0.450. The van der Waals surface area contributed by atoms with Gasteiger partial charge in [-0.05, 0) is 60.0 Å². The number of imidazole rings is 1. The van der Waals surface area contributed by atoms with E-state index in [0.29, 0.717) is 0 Å². The van der Waals surface area contributed by atoms with Crippen molar-refractivity contribution in [1.82, 2.24) is 20.0 Å². The number of hydrogen-bond donors (Lipinski definition) is 3. The van der Waals surface area contributed by atoms with Gasteiger partial charge in [-0.2, -0.15) is 0 Å². The highest BCUT2D eigenvalue weighted by Gasteiger charge is 2.08. The van der Waals surface area contributed by atoms with Gasteiger partial charge in [0.25, 0.3) is 0 Å². The summed E-state index contributed by atoms with van der Waals surface area (Å²) in [6.07, 6.45) is 7.20. The maximum atomic E-state index is 13.2. The molecule has 4 N–H and O–H groups in total. The lowest BCUT2D eigenvalue weighted by atomic mass is 10.0. The average molecular weight is 352 g/mol. The summed E-state index contributed by atoms with van der Waals surface area (Å²) in [5.41, 5.74) is 6.20. The van der Waals surface area contributed by atoms with Crippen molar-refractivity contribution in [1.29, 1.82) is 0 Å². The van der Waals surface area contributed by atoms with Crippen LogP contribution in [0.5, 0.6) is 0 Å². The van der Waals surface area contributed by atoms with Crippen LogP contribution in [0.3, 0.4) is 0 Å². The monoisotopic (exact) mass is 352 g/mol. The first kappa shape index (κ1) is 17.6. The predicted octanol–water partition coefficient (Wildman–Crippen LogP) is 2.88. The first-order chi connectivity index (χ1) is 12.7. The van der Waals surface area contributed by atoms with Gasteiger partial charge in [-0.15, -0.1) is 0 Å². The Morgan fingerprint density at radius 2 is 1.96 bits per heavy atom. The molecule has 0 atom stereocenters. The number of nitrogens with two attached hydrogens (primary N) is 1. The Labute approximate surface area is 151 Å². The van der Waals surface area contributed by atoms with Crippen molar-refractivity contribution in [3.8, 4) is 0 Å². The number of aromatic nitrogens is 3. The number of hydrazine groups is 1. The van der Waals surface area contributed by atoms with Crippen molar-refractivity contribution in [2.45, 2.75) is 13.5 Å². The van der Waals surface area contributed by atoms with Crippen molar-refractivity contribution < 1.29 is 4.39 Å². The van der Waals surface area contributed by atoms with Gasteiger partial charge in [-0.1, -0.05) is 0 Å². The highest BCUT2D eigenvalue weighted by atomic mass is 19.1. The molecule has 3 aromatic rings. The Bertz CT molecular complexity index is 871.